The van der Waals surface area contributed by atoms with E-state index in [2.05, 4.69) is 38.5 Å². The average Bonchev–Trinajstić information content (AvgIpc) is 2.23. The van der Waals surface area contributed by atoms with Gasteiger partial charge in [-0.05, 0) is 24.1 Å². The highest BCUT2D eigenvalue weighted by molar-refractivity contribution is 6.74. The number of Topliss-reactive ketones (excluding diaryl/α,β-unsaturated/α-hetero) is 1. The molecule has 0 rings (SSSR count). The van der Waals surface area contributed by atoms with E-state index in [0.717, 1.165) is 0 Å². The molecule has 0 fully saturated rings. The largest absolute Gasteiger partial charge is 0.543 e. The van der Waals surface area contributed by atoms with Crippen LogP contribution in [-0.2, 0) is 18.7 Å². The number of hydrogen-bond acceptors (Lipinski definition) is 4. The molecule has 0 aromatic rings. The average molecular weight is 286 g/mol. The van der Waals surface area contributed by atoms with Gasteiger partial charge in [-0.1, -0.05) is 34.6 Å². The summed E-state index contributed by atoms with van der Waals surface area (Å²) < 4.78 is 10.7. The van der Waals surface area contributed by atoms with Crippen molar-refractivity contribution in [1.29, 1.82) is 0 Å². The maximum absolute atomic E-state index is 12.2. The Morgan fingerprint density at radius 1 is 1.21 bits per heavy atom. The second-order valence-corrected chi connectivity index (χ2v) is 11.5. The number of rotatable bonds is 6. The summed E-state index contributed by atoms with van der Waals surface area (Å²) in [6.45, 7) is 14.5. The lowest BCUT2D eigenvalue weighted by atomic mass is 10.0. The Labute approximate surface area is 118 Å². The Balaban J connectivity index is 4.95. The number of carbonyl (C=O) groups is 2. The predicted molar refractivity (Wildman–Crippen MR) is 81.2 cm³/mol. The van der Waals surface area contributed by atoms with Gasteiger partial charge < -0.3 is 9.08 Å². The molecule has 0 bridgehead atoms. The van der Waals surface area contributed by atoms with Gasteiger partial charge in [-0.3, -0.25) is 9.59 Å². The van der Waals surface area contributed by atoms with E-state index >= 15 is 0 Å². The van der Waals surface area contributed by atoms with Crippen LogP contribution in [0.4, 0.5) is 0 Å². The maximum Gasteiger partial charge on any atom is 0.325 e. The van der Waals surface area contributed by atoms with Gasteiger partial charge in [0.2, 0.25) is 0 Å². The van der Waals surface area contributed by atoms with Crippen molar-refractivity contribution in [2.75, 3.05) is 0 Å². The van der Waals surface area contributed by atoms with E-state index < -0.39 is 20.4 Å². The van der Waals surface area contributed by atoms with Gasteiger partial charge in [-0.25, -0.2) is 0 Å². The highest BCUT2D eigenvalue weighted by Gasteiger charge is 2.41. The fourth-order valence-electron chi connectivity index (χ4n) is 1.38. The van der Waals surface area contributed by atoms with Crippen molar-refractivity contribution in [2.45, 2.75) is 65.3 Å². The van der Waals surface area contributed by atoms with E-state index in [1.54, 1.807) is 0 Å². The Morgan fingerprint density at radius 2 is 1.68 bits per heavy atom. The molecule has 0 saturated carbocycles. The van der Waals surface area contributed by atoms with Crippen LogP contribution in [0.15, 0.2) is 0 Å². The first kappa shape index (κ1) is 18.4. The number of carbonyl (C=O) groups excluding carboxylic acids is 2. The molecule has 19 heavy (non-hydrogen) atoms. The monoisotopic (exact) mass is 286 g/mol. The summed E-state index contributed by atoms with van der Waals surface area (Å²) in [6.07, 6.45) is -0.742. The van der Waals surface area contributed by atoms with Gasteiger partial charge >= 0.3 is 8.05 Å². The molecular weight excluding hydrogens is 259 g/mol. The van der Waals surface area contributed by atoms with Crippen LogP contribution in [0.3, 0.4) is 0 Å². The normalized spacial score (nSPS) is 14.3. The van der Waals surface area contributed by atoms with Crippen LogP contribution in [0, 0.1) is 5.92 Å². The first-order chi connectivity index (χ1) is 8.42. The molecule has 0 aliphatic heterocycles. The molecule has 0 saturated heterocycles. The van der Waals surface area contributed by atoms with Crippen LogP contribution in [0.1, 0.15) is 41.0 Å². The SMILES string of the molecule is BOC(=O)CC(=O)[C@@H](O[Si](C)(C)C(C)(C)C)C(C)C. The summed E-state index contributed by atoms with van der Waals surface area (Å²) in [5, 5.41) is 0.0334. The lowest BCUT2D eigenvalue weighted by Crippen LogP contribution is -2.48. The van der Waals surface area contributed by atoms with E-state index in [0.29, 0.717) is 0 Å². The van der Waals surface area contributed by atoms with Crippen LogP contribution in [-0.4, -0.2) is 34.2 Å². The maximum atomic E-state index is 12.2. The van der Waals surface area contributed by atoms with E-state index in [4.69, 9.17) is 4.43 Å². The smallest absolute Gasteiger partial charge is 0.325 e. The van der Waals surface area contributed by atoms with Crippen molar-refractivity contribution >= 4 is 28.1 Å². The second kappa shape index (κ2) is 6.70. The molecule has 0 N–H and O–H groups in total. The van der Waals surface area contributed by atoms with Gasteiger partial charge in [0.25, 0.3) is 5.97 Å². The molecule has 0 radical (unpaired) electrons. The van der Waals surface area contributed by atoms with E-state index in [9.17, 15) is 9.59 Å². The zero-order chi connectivity index (χ0) is 15.4. The topological polar surface area (TPSA) is 52.6 Å². The minimum Gasteiger partial charge on any atom is -0.543 e. The molecule has 0 aromatic heterocycles. The molecule has 0 aliphatic rings. The van der Waals surface area contributed by atoms with Gasteiger partial charge in [-0.2, -0.15) is 0 Å². The zero-order valence-corrected chi connectivity index (χ0v) is 14.5. The van der Waals surface area contributed by atoms with Gasteiger partial charge in [0, 0.05) is 0 Å². The number of ketones is 1. The summed E-state index contributed by atoms with van der Waals surface area (Å²) in [5.41, 5.74) is 0. The first-order valence-electron chi connectivity index (χ1n) is 6.69. The van der Waals surface area contributed by atoms with E-state index in [1.807, 2.05) is 13.8 Å². The molecule has 110 valence electrons. The van der Waals surface area contributed by atoms with Gasteiger partial charge in [0.05, 0.1) is 0 Å². The molecule has 0 amide bonds. The molecule has 1 atom stereocenters. The summed E-state index contributed by atoms with van der Waals surface area (Å²) in [4.78, 5) is 23.4. The van der Waals surface area contributed by atoms with Gasteiger partial charge in [0.1, 0.15) is 12.5 Å². The van der Waals surface area contributed by atoms with Crippen LogP contribution in [0.25, 0.3) is 0 Å². The van der Waals surface area contributed by atoms with Gasteiger partial charge in [0.15, 0.2) is 14.1 Å². The fourth-order valence-corrected chi connectivity index (χ4v) is 2.77. The summed E-state index contributed by atoms with van der Waals surface area (Å²) in [7, 11) is -0.741. The predicted octanol–water partition coefficient (Wildman–Crippen LogP) is 2.08. The molecule has 0 heterocycles. The quantitative estimate of drug-likeness (QED) is 0.554. The Kier molecular flexibility index (Phi) is 6.48. The Bertz CT molecular complexity index is 334. The molecule has 0 aromatic carbocycles. The van der Waals surface area contributed by atoms with Crippen LogP contribution in [0.2, 0.25) is 18.1 Å². The minimum atomic E-state index is -2.03. The minimum absolute atomic E-state index is 0.0334. The Morgan fingerprint density at radius 3 is 2.00 bits per heavy atom. The summed E-state index contributed by atoms with van der Waals surface area (Å²) >= 11 is 0. The highest BCUT2D eigenvalue weighted by atomic mass is 28.4. The second-order valence-electron chi connectivity index (χ2n) is 6.76. The van der Waals surface area contributed by atoms with Gasteiger partial charge in [-0.15, -0.1) is 0 Å². The van der Waals surface area contributed by atoms with E-state index in [-0.39, 0.29) is 23.2 Å². The highest BCUT2D eigenvalue weighted by Crippen LogP contribution is 2.38. The Hall–Kier alpha value is -0.618. The molecular formula is C13H27BO4Si. The third kappa shape index (κ3) is 5.49. The van der Waals surface area contributed by atoms with Crippen LogP contribution in [0.5, 0.6) is 0 Å². The lowest BCUT2D eigenvalue weighted by Gasteiger charge is -2.39. The zero-order valence-electron chi connectivity index (χ0n) is 13.5. The first-order valence-corrected chi connectivity index (χ1v) is 9.60. The van der Waals surface area contributed by atoms with Crippen molar-refractivity contribution in [1.82, 2.24) is 0 Å². The van der Waals surface area contributed by atoms with Crippen LogP contribution >= 0.6 is 0 Å². The number of hydrogen-bond donors (Lipinski definition) is 0. The van der Waals surface area contributed by atoms with E-state index in [1.165, 1.54) is 8.05 Å². The molecule has 4 nitrogen and oxygen atoms in total. The standard InChI is InChI=1S/C13H27BO4Si/c1-9(2)12(10(15)8-11(16)17-14)18-19(6,7)13(3,4)5/h9,12H,8,14H2,1-7H3/t12-/m0/s1. The third-order valence-corrected chi connectivity index (χ3v) is 8.15. The summed E-state index contributed by atoms with van der Waals surface area (Å²) in [5.74, 6) is -0.646. The molecule has 0 unspecified atom stereocenters. The lowest BCUT2D eigenvalue weighted by molar-refractivity contribution is -0.140. The van der Waals surface area contributed by atoms with Crippen molar-refractivity contribution in [3.8, 4) is 0 Å². The molecule has 0 spiro atoms. The van der Waals surface area contributed by atoms with Crippen molar-refractivity contribution in [3.05, 3.63) is 0 Å². The molecule has 0 aliphatic carbocycles. The molecule has 6 heteroatoms. The fraction of sp³-hybridized carbons (Fsp3) is 0.846. The van der Waals surface area contributed by atoms with Crippen molar-refractivity contribution in [2.24, 2.45) is 5.92 Å². The van der Waals surface area contributed by atoms with Crippen molar-refractivity contribution < 1.29 is 18.7 Å². The summed E-state index contributed by atoms with van der Waals surface area (Å²) in [6, 6.07) is 0. The third-order valence-electron chi connectivity index (χ3n) is 3.70. The van der Waals surface area contributed by atoms with Crippen LogP contribution < -0.4 is 0 Å². The van der Waals surface area contributed by atoms with Crippen molar-refractivity contribution in [3.63, 3.8) is 0 Å².